The van der Waals surface area contributed by atoms with E-state index in [2.05, 4.69) is 41.5 Å². The van der Waals surface area contributed by atoms with Gasteiger partial charge in [-0.05, 0) is 30.6 Å². The van der Waals surface area contributed by atoms with Crippen LogP contribution in [0, 0.1) is 23.2 Å². The molecule has 2 atom stereocenters. The number of carbonyl (C=O) groups excluding carboxylic acids is 1. The largest absolute Gasteiger partial charge is 0.550 e. The molecule has 0 aromatic heterocycles. The van der Waals surface area contributed by atoms with E-state index < -0.39 is 11.4 Å². The highest BCUT2D eigenvalue weighted by Crippen LogP contribution is 2.46. The van der Waals surface area contributed by atoms with Gasteiger partial charge >= 0.3 is 0 Å². The lowest BCUT2D eigenvalue weighted by molar-refractivity contribution is -0.327. The van der Waals surface area contributed by atoms with Crippen LogP contribution in [0.15, 0.2) is 0 Å². The summed E-state index contributed by atoms with van der Waals surface area (Å²) in [5.74, 6) is -0.0492. The Bertz CT molecular complexity index is 504. The highest BCUT2D eigenvalue weighted by atomic mass is 16.4. The van der Waals surface area contributed by atoms with Gasteiger partial charge in [-0.1, -0.05) is 183 Å². The molecule has 38 heavy (non-hydrogen) atoms. The van der Waals surface area contributed by atoms with Gasteiger partial charge in [0.15, 0.2) is 0 Å². The van der Waals surface area contributed by atoms with Crippen molar-refractivity contribution in [2.45, 2.75) is 196 Å². The minimum Gasteiger partial charge on any atom is -0.550 e. The quantitative estimate of drug-likeness (QED) is 0.100. The molecule has 230 valence electrons. The Morgan fingerprint density at radius 2 is 0.868 bits per heavy atom. The number of carboxylic acids is 1. The van der Waals surface area contributed by atoms with Crippen molar-refractivity contribution in [1.82, 2.24) is 6.15 Å². The van der Waals surface area contributed by atoms with Crippen LogP contribution >= 0.6 is 0 Å². The van der Waals surface area contributed by atoms with Crippen molar-refractivity contribution in [1.29, 1.82) is 0 Å². The number of hydrogen-bond acceptors (Lipinski definition) is 2. The minimum atomic E-state index is -0.782. The van der Waals surface area contributed by atoms with Gasteiger partial charge in [0, 0.05) is 11.4 Å². The molecular weight excluding hydrogens is 466 g/mol. The zero-order valence-electron chi connectivity index (χ0n) is 27.5. The second-order valence-corrected chi connectivity index (χ2v) is 12.9. The fourth-order valence-corrected chi connectivity index (χ4v) is 6.69. The Balaban J connectivity index is 0. The summed E-state index contributed by atoms with van der Waals surface area (Å²) < 4.78 is 0. The van der Waals surface area contributed by atoms with Crippen molar-refractivity contribution in [2.24, 2.45) is 23.2 Å². The lowest BCUT2D eigenvalue weighted by atomic mass is 9.60. The molecule has 0 fully saturated rings. The third-order valence-corrected chi connectivity index (χ3v) is 9.19. The van der Waals surface area contributed by atoms with Crippen molar-refractivity contribution in [3.63, 3.8) is 0 Å². The summed E-state index contributed by atoms with van der Waals surface area (Å²) in [4.78, 5) is 12.7. The predicted octanol–water partition coefficient (Wildman–Crippen LogP) is 11.4. The van der Waals surface area contributed by atoms with Gasteiger partial charge in [0.25, 0.3) is 0 Å². The second kappa shape index (κ2) is 26.6. The summed E-state index contributed by atoms with van der Waals surface area (Å²) >= 11 is 0. The Kier molecular flexibility index (Phi) is 27.7. The van der Waals surface area contributed by atoms with Gasteiger partial charge in [-0.25, -0.2) is 0 Å². The zero-order chi connectivity index (χ0) is 27.8. The fourth-order valence-electron chi connectivity index (χ4n) is 6.69. The van der Waals surface area contributed by atoms with Crippen LogP contribution in [0.3, 0.4) is 0 Å². The number of carbonyl (C=O) groups is 1. The first-order valence-corrected chi connectivity index (χ1v) is 17.1. The summed E-state index contributed by atoms with van der Waals surface area (Å²) in [7, 11) is 0. The Hall–Kier alpha value is -0.570. The molecule has 0 aliphatic heterocycles. The first-order valence-electron chi connectivity index (χ1n) is 17.1. The second-order valence-electron chi connectivity index (χ2n) is 12.9. The summed E-state index contributed by atoms with van der Waals surface area (Å²) in [6.07, 6.45) is 31.0. The molecule has 0 saturated carbocycles. The fraction of sp³-hybridized carbons (Fsp3) is 0.971. The van der Waals surface area contributed by atoms with E-state index in [4.69, 9.17) is 0 Å². The van der Waals surface area contributed by atoms with E-state index in [1.54, 1.807) is 0 Å². The van der Waals surface area contributed by atoms with Crippen molar-refractivity contribution < 1.29 is 9.90 Å². The molecular formula is C35H73NO2. The van der Waals surface area contributed by atoms with Crippen molar-refractivity contribution >= 4 is 5.97 Å². The molecule has 0 heterocycles. The summed E-state index contributed by atoms with van der Waals surface area (Å²) in [6, 6.07) is 0. The van der Waals surface area contributed by atoms with E-state index in [-0.39, 0.29) is 18.0 Å². The maximum absolute atomic E-state index is 12.7. The van der Waals surface area contributed by atoms with Gasteiger partial charge in [0.2, 0.25) is 0 Å². The van der Waals surface area contributed by atoms with Gasteiger partial charge in [-0.3, -0.25) is 0 Å². The average molecular weight is 540 g/mol. The standard InChI is InChI=1S/C35H70O2.H3N/c1-7-9-11-13-15-17-18-19-20-21-23-25-27-29-33(31(3)4)35(32(5)6,34(36)37)30-28-26-24-22-16-14-12-10-8-2;/h31-33H,7-30H2,1-6H3,(H,36,37);1H3. The van der Waals surface area contributed by atoms with Crippen LogP contribution in [0.1, 0.15) is 196 Å². The molecule has 2 unspecified atom stereocenters. The van der Waals surface area contributed by atoms with E-state index in [0.29, 0.717) is 5.92 Å². The van der Waals surface area contributed by atoms with Gasteiger partial charge in [0.05, 0.1) is 0 Å². The van der Waals surface area contributed by atoms with Crippen LogP contribution in [-0.4, -0.2) is 5.97 Å². The van der Waals surface area contributed by atoms with E-state index in [9.17, 15) is 9.90 Å². The van der Waals surface area contributed by atoms with Crippen LogP contribution in [0.2, 0.25) is 0 Å². The van der Waals surface area contributed by atoms with Gasteiger partial charge in [-0.2, -0.15) is 0 Å². The highest BCUT2D eigenvalue weighted by Gasteiger charge is 2.43. The van der Waals surface area contributed by atoms with E-state index >= 15 is 0 Å². The minimum absolute atomic E-state index is 0. The molecule has 0 aromatic carbocycles. The lowest BCUT2D eigenvalue weighted by Crippen LogP contribution is -2.52. The van der Waals surface area contributed by atoms with Gasteiger partial charge < -0.3 is 16.1 Å². The topological polar surface area (TPSA) is 76.6 Å². The average Bonchev–Trinajstić information content (AvgIpc) is 2.85. The molecule has 0 radical (unpaired) electrons. The smallest absolute Gasteiger partial charge is 0.0481 e. The van der Waals surface area contributed by atoms with Crippen molar-refractivity contribution in [3.8, 4) is 0 Å². The predicted molar refractivity (Wildman–Crippen MR) is 169 cm³/mol. The first-order chi connectivity index (χ1) is 17.8. The number of quaternary nitrogens is 1. The Morgan fingerprint density at radius 3 is 1.16 bits per heavy atom. The molecule has 0 aromatic rings. The van der Waals surface area contributed by atoms with Crippen molar-refractivity contribution in [2.75, 3.05) is 0 Å². The Morgan fingerprint density at radius 1 is 0.553 bits per heavy atom. The zero-order valence-corrected chi connectivity index (χ0v) is 27.5. The summed E-state index contributed by atoms with van der Waals surface area (Å²) in [5.41, 5.74) is -0.674. The summed E-state index contributed by atoms with van der Waals surface area (Å²) in [6.45, 7) is 13.3. The van der Waals surface area contributed by atoms with E-state index in [1.165, 1.54) is 135 Å². The SMILES string of the molecule is CCCCCCCCCCCCCCCC(C(C)C)C(CCCCCCCCCCC)(C(=O)[O-])C(C)C.[NH4+]. The molecule has 0 bridgehead atoms. The number of unbranched alkanes of at least 4 members (excludes halogenated alkanes) is 20. The molecule has 4 N–H and O–H groups in total. The van der Waals surface area contributed by atoms with Crippen LogP contribution in [0.25, 0.3) is 0 Å². The number of rotatable bonds is 28. The third-order valence-electron chi connectivity index (χ3n) is 9.19. The summed E-state index contributed by atoms with van der Waals surface area (Å²) in [5, 5.41) is 12.7. The molecule has 0 aliphatic rings. The van der Waals surface area contributed by atoms with E-state index in [1.807, 2.05) is 0 Å². The lowest BCUT2D eigenvalue weighted by Gasteiger charge is -2.47. The van der Waals surface area contributed by atoms with Crippen LogP contribution in [0.4, 0.5) is 0 Å². The normalized spacial score (nSPS) is 14.0. The molecule has 0 rings (SSSR count). The van der Waals surface area contributed by atoms with Crippen LogP contribution in [-0.2, 0) is 4.79 Å². The molecule has 0 spiro atoms. The number of aliphatic carboxylic acids is 1. The highest BCUT2D eigenvalue weighted by molar-refractivity contribution is 5.73. The van der Waals surface area contributed by atoms with Crippen LogP contribution in [0.5, 0.6) is 0 Å². The molecule has 0 amide bonds. The maximum atomic E-state index is 12.7. The first kappa shape index (κ1) is 39.6. The van der Waals surface area contributed by atoms with Crippen molar-refractivity contribution in [3.05, 3.63) is 0 Å². The Labute approximate surface area is 240 Å². The molecule has 0 saturated heterocycles. The van der Waals surface area contributed by atoms with Gasteiger partial charge in [-0.15, -0.1) is 0 Å². The molecule has 3 heteroatoms. The maximum Gasteiger partial charge on any atom is 0.0481 e. The van der Waals surface area contributed by atoms with Gasteiger partial charge in [0.1, 0.15) is 0 Å². The monoisotopic (exact) mass is 540 g/mol. The number of carboxylic acid groups (broad SMARTS) is 1. The third kappa shape index (κ3) is 17.9. The number of hydrogen-bond donors (Lipinski definition) is 1. The van der Waals surface area contributed by atoms with E-state index in [0.717, 1.165) is 19.3 Å². The molecule has 0 aliphatic carbocycles. The van der Waals surface area contributed by atoms with Crippen LogP contribution < -0.4 is 11.3 Å². The molecule has 3 nitrogen and oxygen atoms in total.